The highest BCUT2D eigenvalue weighted by Crippen LogP contribution is 2.38. The zero-order valence-corrected chi connectivity index (χ0v) is 16.6. The highest BCUT2D eigenvalue weighted by atomic mass is 35.5. The maximum absolute atomic E-state index is 6.44. The molecule has 0 bridgehead atoms. The van der Waals surface area contributed by atoms with Crippen molar-refractivity contribution in [2.75, 3.05) is 26.4 Å². The molecule has 1 N–H and O–H groups in total. The van der Waals surface area contributed by atoms with Crippen molar-refractivity contribution in [2.45, 2.75) is 64.3 Å². The molecular formula is C20H30ClNO4. The van der Waals surface area contributed by atoms with E-state index in [0.29, 0.717) is 30.0 Å². The molecular weight excluding hydrogens is 354 g/mol. The Bertz CT molecular complexity index is 579. The lowest BCUT2D eigenvalue weighted by Gasteiger charge is -2.35. The van der Waals surface area contributed by atoms with Crippen molar-refractivity contribution in [3.63, 3.8) is 0 Å². The molecule has 1 saturated heterocycles. The summed E-state index contributed by atoms with van der Waals surface area (Å²) in [6.45, 7) is 7.46. The van der Waals surface area contributed by atoms with Crippen molar-refractivity contribution >= 4 is 11.6 Å². The minimum atomic E-state index is -0.304. The summed E-state index contributed by atoms with van der Waals surface area (Å²) < 4.78 is 23.1. The van der Waals surface area contributed by atoms with Crippen molar-refractivity contribution in [1.29, 1.82) is 0 Å². The van der Waals surface area contributed by atoms with E-state index in [1.807, 2.05) is 19.1 Å². The van der Waals surface area contributed by atoms with Crippen LogP contribution in [0.2, 0.25) is 5.02 Å². The minimum Gasteiger partial charge on any atom is -0.490 e. The van der Waals surface area contributed by atoms with Gasteiger partial charge in [0.1, 0.15) is 0 Å². The lowest BCUT2D eigenvalue weighted by molar-refractivity contribution is -0.179. The molecule has 0 aromatic heterocycles. The maximum atomic E-state index is 6.44. The average molecular weight is 384 g/mol. The molecule has 6 heteroatoms. The van der Waals surface area contributed by atoms with Crippen LogP contribution >= 0.6 is 11.6 Å². The molecule has 1 aromatic rings. The van der Waals surface area contributed by atoms with Gasteiger partial charge in [-0.25, -0.2) is 0 Å². The Morgan fingerprint density at radius 1 is 1.15 bits per heavy atom. The first kappa shape index (κ1) is 19.7. The van der Waals surface area contributed by atoms with Crippen LogP contribution in [-0.4, -0.2) is 38.3 Å². The molecule has 26 heavy (non-hydrogen) atoms. The third-order valence-electron chi connectivity index (χ3n) is 4.98. The molecule has 1 aliphatic heterocycles. The quantitative estimate of drug-likeness (QED) is 0.725. The predicted molar refractivity (Wildman–Crippen MR) is 102 cm³/mol. The van der Waals surface area contributed by atoms with Gasteiger partial charge in [0.25, 0.3) is 0 Å². The van der Waals surface area contributed by atoms with Gasteiger partial charge in [0.15, 0.2) is 17.3 Å². The van der Waals surface area contributed by atoms with E-state index in [4.69, 9.17) is 30.5 Å². The summed E-state index contributed by atoms with van der Waals surface area (Å²) in [7, 11) is 0. The fraction of sp³-hybridized carbons (Fsp3) is 0.700. The van der Waals surface area contributed by atoms with Crippen LogP contribution in [0.1, 0.15) is 51.5 Å². The van der Waals surface area contributed by atoms with E-state index in [2.05, 4.69) is 12.2 Å². The Hall–Kier alpha value is -1.01. The number of rotatable bonds is 8. The molecule has 2 fully saturated rings. The molecule has 0 radical (unpaired) electrons. The molecule has 1 spiro atoms. The molecule has 1 heterocycles. The van der Waals surface area contributed by atoms with E-state index < -0.39 is 0 Å². The first-order chi connectivity index (χ1) is 12.7. The van der Waals surface area contributed by atoms with Gasteiger partial charge in [0.05, 0.1) is 31.5 Å². The Morgan fingerprint density at radius 2 is 1.88 bits per heavy atom. The third kappa shape index (κ3) is 4.83. The smallest absolute Gasteiger partial charge is 0.179 e. The molecule has 3 rings (SSSR count). The van der Waals surface area contributed by atoms with Gasteiger partial charge in [-0.05, 0) is 43.9 Å². The highest BCUT2D eigenvalue weighted by Gasteiger charge is 2.40. The molecule has 146 valence electrons. The largest absolute Gasteiger partial charge is 0.490 e. The molecule has 0 atom stereocenters. The minimum absolute atomic E-state index is 0.304. The van der Waals surface area contributed by atoms with Gasteiger partial charge in [-0.1, -0.05) is 18.5 Å². The van der Waals surface area contributed by atoms with E-state index >= 15 is 0 Å². The summed E-state index contributed by atoms with van der Waals surface area (Å²) in [4.78, 5) is 0. The monoisotopic (exact) mass is 383 g/mol. The van der Waals surface area contributed by atoms with E-state index in [0.717, 1.165) is 63.2 Å². The number of hydrogen-bond acceptors (Lipinski definition) is 5. The zero-order valence-electron chi connectivity index (χ0n) is 15.8. The number of ether oxygens (including phenoxy) is 4. The predicted octanol–water partition coefficient (Wildman–Crippen LogP) is 4.30. The topological polar surface area (TPSA) is 49.0 Å². The van der Waals surface area contributed by atoms with E-state index in [1.54, 1.807) is 0 Å². The van der Waals surface area contributed by atoms with E-state index in [1.165, 1.54) is 0 Å². The zero-order chi connectivity index (χ0) is 18.4. The van der Waals surface area contributed by atoms with Crippen LogP contribution in [0.5, 0.6) is 11.5 Å². The second-order valence-corrected chi connectivity index (χ2v) is 7.36. The Balaban J connectivity index is 1.57. The lowest BCUT2D eigenvalue weighted by atomic mass is 9.90. The molecule has 5 nitrogen and oxygen atoms in total. The normalized spacial score (nSPS) is 19.8. The lowest BCUT2D eigenvalue weighted by Crippen LogP contribution is -2.41. The van der Waals surface area contributed by atoms with Gasteiger partial charge < -0.3 is 24.3 Å². The average Bonchev–Trinajstić information content (AvgIpc) is 3.09. The molecule has 1 saturated carbocycles. The number of benzene rings is 1. The fourth-order valence-corrected chi connectivity index (χ4v) is 3.93. The summed E-state index contributed by atoms with van der Waals surface area (Å²) in [6.07, 6.45) is 4.97. The van der Waals surface area contributed by atoms with Crippen molar-refractivity contribution in [1.82, 2.24) is 5.32 Å². The second kappa shape index (κ2) is 9.27. The van der Waals surface area contributed by atoms with Gasteiger partial charge in [-0.15, -0.1) is 0 Å². The number of halogens is 1. The van der Waals surface area contributed by atoms with Crippen molar-refractivity contribution in [3.8, 4) is 11.5 Å². The molecule has 0 amide bonds. The van der Waals surface area contributed by atoms with Gasteiger partial charge in [-0.3, -0.25) is 0 Å². The summed E-state index contributed by atoms with van der Waals surface area (Å²) >= 11 is 6.44. The Morgan fingerprint density at radius 3 is 2.54 bits per heavy atom. The van der Waals surface area contributed by atoms with Crippen molar-refractivity contribution in [3.05, 3.63) is 22.7 Å². The number of hydrogen-bond donors (Lipinski definition) is 1. The fourth-order valence-electron chi connectivity index (χ4n) is 3.64. The van der Waals surface area contributed by atoms with E-state index in [9.17, 15) is 0 Å². The molecule has 2 aliphatic rings. The Kier molecular flexibility index (Phi) is 7.04. The van der Waals surface area contributed by atoms with Crippen molar-refractivity contribution < 1.29 is 18.9 Å². The molecule has 1 aromatic carbocycles. The number of nitrogens with one attached hydrogen (secondary N) is 1. The van der Waals surface area contributed by atoms with Gasteiger partial charge in [0.2, 0.25) is 0 Å². The molecule has 1 aliphatic carbocycles. The van der Waals surface area contributed by atoms with Crippen LogP contribution in [0.15, 0.2) is 12.1 Å². The van der Waals surface area contributed by atoms with Crippen LogP contribution in [-0.2, 0) is 16.0 Å². The van der Waals surface area contributed by atoms with E-state index in [-0.39, 0.29) is 5.79 Å². The van der Waals surface area contributed by atoms with Crippen LogP contribution < -0.4 is 14.8 Å². The standard InChI is InChI=1S/C20H30ClNO4/c1-3-9-24-19-17(21)12-15(13-18(19)23-4-2)14-22-16-5-7-20(8-6-16)25-10-11-26-20/h12-13,16,22H,3-11,14H2,1-2H3. The second-order valence-electron chi connectivity index (χ2n) is 6.95. The highest BCUT2D eigenvalue weighted by molar-refractivity contribution is 6.32. The van der Waals surface area contributed by atoms with Crippen LogP contribution in [0.25, 0.3) is 0 Å². The van der Waals surface area contributed by atoms with Crippen LogP contribution in [0.3, 0.4) is 0 Å². The summed E-state index contributed by atoms with van der Waals surface area (Å²) in [5.41, 5.74) is 1.11. The summed E-state index contributed by atoms with van der Waals surface area (Å²) in [6, 6.07) is 4.47. The van der Waals surface area contributed by atoms with Crippen LogP contribution in [0.4, 0.5) is 0 Å². The van der Waals surface area contributed by atoms with Crippen LogP contribution in [0, 0.1) is 0 Å². The molecule has 0 unspecified atom stereocenters. The Labute approximate surface area is 161 Å². The third-order valence-corrected chi connectivity index (χ3v) is 5.26. The van der Waals surface area contributed by atoms with Gasteiger partial charge >= 0.3 is 0 Å². The van der Waals surface area contributed by atoms with Crippen molar-refractivity contribution in [2.24, 2.45) is 0 Å². The summed E-state index contributed by atoms with van der Waals surface area (Å²) in [5, 5.41) is 4.25. The summed E-state index contributed by atoms with van der Waals surface area (Å²) in [5.74, 6) is 1.07. The van der Waals surface area contributed by atoms with Gasteiger partial charge in [0, 0.05) is 25.4 Å². The SMILES string of the molecule is CCCOc1c(Cl)cc(CNC2CCC3(CC2)OCCO3)cc1OCC. The first-order valence-corrected chi connectivity index (χ1v) is 10.1. The van der Waals surface area contributed by atoms with Gasteiger partial charge in [-0.2, -0.15) is 0 Å². The maximum Gasteiger partial charge on any atom is 0.179 e. The first-order valence-electron chi connectivity index (χ1n) is 9.75.